The molecular formula is C10H20N2O3. The third-order valence-corrected chi connectivity index (χ3v) is 1.66. The number of hydrogen-bond acceptors (Lipinski definition) is 3. The van der Waals surface area contributed by atoms with Gasteiger partial charge in [0.05, 0.1) is 0 Å². The smallest absolute Gasteiger partial charge is 0.408 e. The Morgan fingerprint density at radius 2 is 1.87 bits per heavy atom. The number of alkyl carbamates (subject to hydrolysis) is 1. The lowest BCUT2D eigenvalue weighted by atomic mass is 10.2. The molecule has 0 saturated carbocycles. The van der Waals surface area contributed by atoms with Crippen LogP contribution in [0.4, 0.5) is 4.79 Å². The van der Waals surface area contributed by atoms with E-state index in [1.165, 1.54) is 7.05 Å². The van der Waals surface area contributed by atoms with Crippen molar-refractivity contribution in [3.8, 4) is 0 Å². The number of carbonyl (C=O) groups is 2. The van der Waals surface area contributed by atoms with Gasteiger partial charge in [-0.3, -0.25) is 4.79 Å². The van der Waals surface area contributed by atoms with Crippen molar-refractivity contribution in [3.63, 3.8) is 0 Å². The number of ether oxygens (including phenoxy) is 1. The van der Waals surface area contributed by atoms with Gasteiger partial charge in [-0.05, 0) is 27.2 Å². The second kappa shape index (κ2) is 5.58. The van der Waals surface area contributed by atoms with E-state index < -0.39 is 17.7 Å². The summed E-state index contributed by atoms with van der Waals surface area (Å²) in [6, 6.07) is -0.537. The first-order valence-electron chi connectivity index (χ1n) is 5.01. The van der Waals surface area contributed by atoms with E-state index >= 15 is 0 Å². The van der Waals surface area contributed by atoms with E-state index in [1.807, 2.05) is 6.92 Å². The van der Waals surface area contributed by atoms with E-state index in [9.17, 15) is 9.59 Å². The molecule has 0 aromatic carbocycles. The second-order valence-electron chi connectivity index (χ2n) is 4.22. The van der Waals surface area contributed by atoms with Crippen molar-refractivity contribution in [1.29, 1.82) is 0 Å². The summed E-state index contributed by atoms with van der Waals surface area (Å²) in [6.07, 6.45) is -0.0446. The zero-order valence-electron chi connectivity index (χ0n) is 10.0. The predicted octanol–water partition coefficient (Wildman–Crippen LogP) is 1.04. The molecule has 0 aliphatic heterocycles. The third-order valence-electron chi connectivity index (χ3n) is 1.66. The first-order valence-corrected chi connectivity index (χ1v) is 5.01. The molecule has 0 spiro atoms. The lowest BCUT2D eigenvalue weighted by Gasteiger charge is -2.22. The van der Waals surface area contributed by atoms with Crippen LogP contribution < -0.4 is 10.6 Å². The molecule has 0 aromatic rings. The van der Waals surface area contributed by atoms with Gasteiger partial charge in [0.2, 0.25) is 5.91 Å². The van der Waals surface area contributed by atoms with Gasteiger partial charge in [0.25, 0.3) is 0 Å². The van der Waals surface area contributed by atoms with Gasteiger partial charge in [0.1, 0.15) is 11.6 Å². The fraction of sp³-hybridized carbons (Fsp3) is 0.800. The average Bonchev–Trinajstić information content (AvgIpc) is 2.10. The molecule has 15 heavy (non-hydrogen) atoms. The van der Waals surface area contributed by atoms with Crippen LogP contribution in [0.1, 0.15) is 34.1 Å². The van der Waals surface area contributed by atoms with E-state index in [0.717, 1.165) is 0 Å². The largest absolute Gasteiger partial charge is 0.444 e. The van der Waals surface area contributed by atoms with Gasteiger partial charge in [-0.1, -0.05) is 6.92 Å². The van der Waals surface area contributed by atoms with E-state index in [0.29, 0.717) is 6.42 Å². The molecule has 0 fully saturated rings. The SMILES string of the molecule is CC[C@@H](NC(=O)OC(C)(C)C)C(=O)NC. The van der Waals surface area contributed by atoms with E-state index in [2.05, 4.69) is 10.6 Å². The lowest BCUT2D eigenvalue weighted by molar-refractivity contribution is -0.122. The number of hydrogen-bond donors (Lipinski definition) is 2. The van der Waals surface area contributed by atoms with Gasteiger partial charge < -0.3 is 15.4 Å². The molecule has 5 nitrogen and oxygen atoms in total. The van der Waals surface area contributed by atoms with Crippen LogP contribution in [0.5, 0.6) is 0 Å². The second-order valence-corrected chi connectivity index (χ2v) is 4.22. The molecule has 2 amide bonds. The van der Waals surface area contributed by atoms with Crippen LogP contribution in [0.25, 0.3) is 0 Å². The minimum Gasteiger partial charge on any atom is -0.444 e. The zero-order chi connectivity index (χ0) is 12.1. The highest BCUT2D eigenvalue weighted by atomic mass is 16.6. The number of carbonyl (C=O) groups excluding carboxylic acids is 2. The number of amides is 2. The number of likely N-dealkylation sites (N-methyl/N-ethyl adjacent to an activating group) is 1. The third kappa shape index (κ3) is 5.93. The molecule has 1 atom stereocenters. The maximum Gasteiger partial charge on any atom is 0.408 e. The monoisotopic (exact) mass is 216 g/mol. The topological polar surface area (TPSA) is 67.4 Å². The van der Waals surface area contributed by atoms with Crippen LogP contribution in [-0.4, -0.2) is 30.7 Å². The van der Waals surface area contributed by atoms with Crippen LogP contribution in [0, 0.1) is 0 Å². The molecule has 0 aliphatic carbocycles. The van der Waals surface area contributed by atoms with E-state index in [4.69, 9.17) is 4.74 Å². The molecule has 0 unspecified atom stereocenters. The van der Waals surface area contributed by atoms with E-state index in [-0.39, 0.29) is 5.91 Å². The van der Waals surface area contributed by atoms with Gasteiger partial charge in [-0.2, -0.15) is 0 Å². The molecule has 0 aliphatic rings. The fourth-order valence-electron chi connectivity index (χ4n) is 0.977. The van der Waals surface area contributed by atoms with Gasteiger partial charge in [-0.25, -0.2) is 4.79 Å². The molecule has 2 N–H and O–H groups in total. The summed E-state index contributed by atoms with van der Waals surface area (Å²) >= 11 is 0. The van der Waals surface area contributed by atoms with Crippen molar-refractivity contribution in [1.82, 2.24) is 10.6 Å². The Morgan fingerprint density at radius 1 is 1.33 bits per heavy atom. The normalized spacial score (nSPS) is 12.9. The summed E-state index contributed by atoms with van der Waals surface area (Å²) < 4.78 is 5.03. The first kappa shape index (κ1) is 13.7. The molecule has 5 heteroatoms. The maximum absolute atomic E-state index is 11.3. The average molecular weight is 216 g/mol. The van der Waals surface area contributed by atoms with Crippen LogP contribution in [-0.2, 0) is 9.53 Å². The van der Waals surface area contributed by atoms with Crippen LogP contribution in [0.3, 0.4) is 0 Å². The number of nitrogens with one attached hydrogen (secondary N) is 2. The zero-order valence-corrected chi connectivity index (χ0v) is 10.0. The van der Waals surface area contributed by atoms with Crippen molar-refractivity contribution in [2.75, 3.05) is 7.05 Å². The van der Waals surface area contributed by atoms with Crippen LogP contribution in [0.15, 0.2) is 0 Å². The highest BCUT2D eigenvalue weighted by Crippen LogP contribution is 2.07. The molecule has 0 rings (SSSR count). The summed E-state index contributed by atoms with van der Waals surface area (Å²) in [5.41, 5.74) is -0.551. The minimum atomic E-state index is -0.571. The quantitative estimate of drug-likeness (QED) is 0.740. The van der Waals surface area contributed by atoms with Crippen molar-refractivity contribution < 1.29 is 14.3 Å². The fourth-order valence-corrected chi connectivity index (χ4v) is 0.977. The highest BCUT2D eigenvalue weighted by molar-refractivity contribution is 5.85. The Kier molecular flexibility index (Phi) is 5.11. The Bertz CT molecular complexity index is 233. The Hall–Kier alpha value is -1.26. The Labute approximate surface area is 90.6 Å². The molecule has 0 bridgehead atoms. The van der Waals surface area contributed by atoms with Crippen molar-refractivity contribution in [2.24, 2.45) is 0 Å². The van der Waals surface area contributed by atoms with Crippen LogP contribution in [0.2, 0.25) is 0 Å². The molecule has 0 saturated heterocycles. The summed E-state index contributed by atoms with van der Waals surface area (Å²) in [5, 5.41) is 4.98. The predicted molar refractivity (Wildman–Crippen MR) is 57.5 cm³/mol. The van der Waals surface area contributed by atoms with Gasteiger partial charge >= 0.3 is 6.09 Å². The van der Waals surface area contributed by atoms with Crippen molar-refractivity contribution >= 4 is 12.0 Å². The van der Waals surface area contributed by atoms with Crippen molar-refractivity contribution in [3.05, 3.63) is 0 Å². The first-order chi connectivity index (χ1) is 6.80. The molecule has 88 valence electrons. The molecule has 0 aromatic heterocycles. The van der Waals surface area contributed by atoms with E-state index in [1.54, 1.807) is 20.8 Å². The molecular weight excluding hydrogens is 196 g/mol. The summed E-state index contributed by atoms with van der Waals surface area (Å²) in [5.74, 6) is -0.219. The molecule has 0 radical (unpaired) electrons. The summed E-state index contributed by atoms with van der Waals surface area (Å²) in [6.45, 7) is 7.13. The number of rotatable bonds is 3. The summed E-state index contributed by atoms with van der Waals surface area (Å²) in [7, 11) is 1.53. The van der Waals surface area contributed by atoms with Crippen LogP contribution >= 0.6 is 0 Å². The molecule has 0 heterocycles. The highest BCUT2D eigenvalue weighted by Gasteiger charge is 2.21. The lowest BCUT2D eigenvalue weighted by Crippen LogP contribution is -2.46. The maximum atomic E-state index is 11.3. The minimum absolute atomic E-state index is 0.219. The standard InChI is InChI=1S/C10H20N2O3/c1-6-7(8(13)11-5)12-9(14)15-10(2,3)4/h7H,6H2,1-5H3,(H,11,13)(H,12,14)/t7-/m1/s1. The summed E-state index contributed by atoms with van der Waals surface area (Å²) in [4.78, 5) is 22.6. The Morgan fingerprint density at radius 3 is 2.20 bits per heavy atom. The Balaban J connectivity index is 4.20. The van der Waals surface area contributed by atoms with Crippen molar-refractivity contribution in [2.45, 2.75) is 45.8 Å². The van der Waals surface area contributed by atoms with Gasteiger partial charge in [0.15, 0.2) is 0 Å². The van der Waals surface area contributed by atoms with Gasteiger partial charge in [-0.15, -0.1) is 0 Å². The van der Waals surface area contributed by atoms with Gasteiger partial charge in [0, 0.05) is 7.05 Å².